The van der Waals surface area contributed by atoms with Gasteiger partial charge in [-0.2, -0.15) is 0 Å². The van der Waals surface area contributed by atoms with Gasteiger partial charge in [-0.05, 0) is 75.0 Å². The molecule has 0 saturated carbocycles. The smallest absolute Gasteiger partial charge is 0.186 e. The van der Waals surface area contributed by atoms with E-state index in [0.29, 0.717) is 5.92 Å². The Hall–Kier alpha value is -3.21. The maximum absolute atomic E-state index is 13.8. The number of carbonyl (C=O) groups is 1. The maximum atomic E-state index is 13.8. The van der Waals surface area contributed by atoms with Crippen LogP contribution in [0.15, 0.2) is 79.0 Å². The number of carbonyl (C=O) groups excluding carboxylic acids is 1. The highest BCUT2D eigenvalue weighted by Crippen LogP contribution is 2.31. The van der Waals surface area contributed by atoms with Crippen molar-refractivity contribution in [3.63, 3.8) is 0 Å². The number of nitrogens with one attached hydrogen (secondary N) is 2. The SMILES string of the molecule is Cc1ccc(CCN[C@@H](C(=O)c2c[nH]c3cc(C4CCN(C)CC4)ccc23)c2ccccc2)cc1. The number of aromatic nitrogens is 1. The van der Waals surface area contributed by atoms with Gasteiger partial charge in [-0.15, -0.1) is 0 Å². The summed E-state index contributed by atoms with van der Waals surface area (Å²) in [5.74, 6) is 0.706. The molecule has 5 rings (SSSR count). The summed E-state index contributed by atoms with van der Waals surface area (Å²) in [6, 6.07) is 24.9. The molecule has 0 unspecified atom stereocenters. The van der Waals surface area contributed by atoms with Gasteiger partial charge < -0.3 is 15.2 Å². The van der Waals surface area contributed by atoms with Crippen molar-refractivity contribution in [3.05, 3.63) is 107 Å². The molecule has 2 heterocycles. The number of piperidine rings is 1. The third kappa shape index (κ3) is 5.39. The molecule has 1 aromatic heterocycles. The van der Waals surface area contributed by atoms with E-state index in [9.17, 15) is 4.79 Å². The van der Waals surface area contributed by atoms with Crippen LogP contribution in [0.2, 0.25) is 0 Å². The van der Waals surface area contributed by atoms with E-state index in [1.54, 1.807) is 0 Å². The fraction of sp³-hybridized carbons (Fsp3) is 0.323. The van der Waals surface area contributed by atoms with Crippen molar-refractivity contribution < 1.29 is 4.79 Å². The largest absolute Gasteiger partial charge is 0.360 e. The summed E-state index contributed by atoms with van der Waals surface area (Å²) in [7, 11) is 2.19. The fourth-order valence-corrected chi connectivity index (χ4v) is 5.22. The molecule has 4 nitrogen and oxygen atoms in total. The standard InChI is InChI=1S/C31H35N3O/c1-22-8-10-23(11-9-22)14-17-32-30(25-6-4-3-5-7-25)31(35)28-21-33-29-20-26(12-13-27(28)29)24-15-18-34(2)19-16-24/h3-13,20-21,24,30,32-33H,14-19H2,1-2H3/t30-/m1/s1. The highest BCUT2D eigenvalue weighted by atomic mass is 16.1. The zero-order valence-corrected chi connectivity index (χ0v) is 20.8. The monoisotopic (exact) mass is 465 g/mol. The number of aromatic amines is 1. The minimum Gasteiger partial charge on any atom is -0.360 e. The van der Waals surface area contributed by atoms with Crippen LogP contribution in [-0.4, -0.2) is 42.3 Å². The minimum atomic E-state index is -0.380. The van der Waals surface area contributed by atoms with Crippen LogP contribution >= 0.6 is 0 Å². The molecule has 1 aliphatic rings. The van der Waals surface area contributed by atoms with Gasteiger partial charge in [0.2, 0.25) is 0 Å². The molecule has 1 fully saturated rings. The molecule has 0 aliphatic carbocycles. The first-order valence-electron chi connectivity index (χ1n) is 12.8. The Labute approximate surface area is 208 Å². The van der Waals surface area contributed by atoms with Crippen LogP contribution in [0.1, 0.15) is 57.4 Å². The molecule has 0 spiro atoms. The number of nitrogens with zero attached hydrogens (tertiary/aromatic N) is 1. The van der Waals surface area contributed by atoms with E-state index in [4.69, 9.17) is 0 Å². The van der Waals surface area contributed by atoms with Crippen LogP contribution in [0.5, 0.6) is 0 Å². The van der Waals surface area contributed by atoms with E-state index in [2.05, 4.69) is 71.6 Å². The van der Waals surface area contributed by atoms with Crippen LogP contribution in [0.25, 0.3) is 10.9 Å². The second-order valence-corrected chi connectivity index (χ2v) is 9.98. The van der Waals surface area contributed by atoms with Gasteiger partial charge in [0.05, 0.1) is 6.04 Å². The van der Waals surface area contributed by atoms with Gasteiger partial charge in [0.15, 0.2) is 5.78 Å². The number of rotatable bonds is 8. The zero-order chi connectivity index (χ0) is 24.2. The van der Waals surface area contributed by atoms with Gasteiger partial charge in [-0.25, -0.2) is 0 Å². The number of Topliss-reactive ketones (excluding diaryl/α,β-unsaturated/α-hetero) is 1. The van der Waals surface area contributed by atoms with Crippen molar-refractivity contribution >= 4 is 16.7 Å². The van der Waals surface area contributed by atoms with Crippen LogP contribution in [0.3, 0.4) is 0 Å². The van der Waals surface area contributed by atoms with E-state index < -0.39 is 0 Å². The predicted octanol–water partition coefficient (Wildman–Crippen LogP) is 6.04. The molecule has 1 atom stereocenters. The average molecular weight is 466 g/mol. The van der Waals surface area contributed by atoms with Crippen molar-refractivity contribution in [2.24, 2.45) is 0 Å². The molecule has 35 heavy (non-hydrogen) atoms. The van der Waals surface area contributed by atoms with Crippen molar-refractivity contribution in [3.8, 4) is 0 Å². The van der Waals surface area contributed by atoms with E-state index in [1.807, 2.05) is 36.5 Å². The van der Waals surface area contributed by atoms with E-state index in [-0.39, 0.29) is 11.8 Å². The van der Waals surface area contributed by atoms with Crippen molar-refractivity contribution in [2.75, 3.05) is 26.7 Å². The van der Waals surface area contributed by atoms with Crippen LogP contribution < -0.4 is 5.32 Å². The van der Waals surface area contributed by atoms with Gasteiger partial charge in [-0.1, -0.05) is 72.3 Å². The van der Waals surface area contributed by atoms with E-state index >= 15 is 0 Å². The van der Waals surface area contributed by atoms with Crippen molar-refractivity contribution in [1.82, 2.24) is 15.2 Å². The molecule has 0 radical (unpaired) electrons. The van der Waals surface area contributed by atoms with Gasteiger partial charge in [0.25, 0.3) is 0 Å². The molecular weight excluding hydrogens is 430 g/mol. The number of hydrogen-bond donors (Lipinski definition) is 2. The summed E-state index contributed by atoms with van der Waals surface area (Å²) in [5.41, 5.74) is 6.72. The van der Waals surface area contributed by atoms with Gasteiger partial charge in [0.1, 0.15) is 0 Å². The number of ketones is 1. The molecule has 4 heteroatoms. The Morgan fingerprint density at radius 3 is 2.51 bits per heavy atom. The highest BCUT2D eigenvalue weighted by molar-refractivity contribution is 6.10. The average Bonchev–Trinajstić information content (AvgIpc) is 3.32. The van der Waals surface area contributed by atoms with Crippen molar-refractivity contribution in [2.45, 2.75) is 38.1 Å². The molecule has 0 amide bonds. The lowest BCUT2D eigenvalue weighted by Crippen LogP contribution is -2.30. The lowest BCUT2D eigenvalue weighted by atomic mass is 9.88. The Morgan fingerprint density at radius 1 is 1.03 bits per heavy atom. The maximum Gasteiger partial charge on any atom is 0.186 e. The number of fused-ring (bicyclic) bond motifs is 1. The second-order valence-electron chi connectivity index (χ2n) is 9.98. The van der Waals surface area contributed by atoms with Crippen LogP contribution in [0.4, 0.5) is 0 Å². The second kappa shape index (κ2) is 10.6. The highest BCUT2D eigenvalue weighted by Gasteiger charge is 2.25. The zero-order valence-electron chi connectivity index (χ0n) is 20.8. The van der Waals surface area contributed by atoms with Gasteiger partial charge in [0, 0.05) is 29.2 Å². The summed E-state index contributed by atoms with van der Waals surface area (Å²) < 4.78 is 0. The van der Waals surface area contributed by atoms with Crippen LogP contribution in [0, 0.1) is 6.92 Å². The molecule has 3 aromatic carbocycles. The Bertz CT molecular complexity index is 1270. The normalized spacial score (nSPS) is 15.9. The molecule has 4 aromatic rings. The first kappa shape index (κ1) is 23.5. The Balaban J connectivity index is 1.36. The summed E-state index contributed by atoms with van der Waals surface area (Å²) in [6.07, 6.45) is 5.15. The lowest BCUT2D eigenvalue weighted by Gasteiger charge is -2.29. The lowest BCUT2D eigenvalue weighted by molar-refractivity contribution is 0.0945. The molecule has 1 saturated heterocycles. The number of aryl methyl sites for hydroxylation is 1. The Kier molecular flexibility index (Phi) is 7.12. The summed E-state index contributed by atoms with van der Waals surface area (Å²) >= 11 is 0. The van der Waals surface area contributed by atoms with E-state index in [0.717, 1.165) is 48.1 Å². The molecular formula is C31H35N3O. The van der Waals surface area contributed by atoms with Crippen LogP contribution in [-0.2, 0) is 6.42 Å². The number of H-pyrrole nitrogens is 1. The quantitative estimate of drug-likeness (QED) is 0.312. The number of likely N-dealkylation sites (tertiary alicyclic amines) is 1. The third-order valence-corrected chi connectivity index (χ3v) is 7.44. The minimum absolute atomic E-state index is 0.110. The topological polar surface area (TPSA) is 48.1 Å². The molecule has 180 valence electrons. The number of benzene rings is 3. The first-order valence-corrected chi connectivity index (χ1v) is 12.8. The summed E-state index contributed by atoms with van der Waals surface area (Å²) in [4.78, 5) is 19.6. The molecule has 2 N–H and O–H groups in total. The number of hydrogen-bond acceptors (Lipinski definition) is 3. The summed E-state index contributed by atoms with van der Waals surface area (Å²) in [5, 5.41) is 4.56. The van der Waals surface area contributed by atoms with Gasteiger partial charge in [-0.3, -0.25) is 4.79 Å². The fourth-order valence-electron chi connectivity index (χ4n) is 5.22. The predicted molar refractivity (Wildman–Crippen MR) is 144 cm³/mol. The third-order valence-electron chi connectivity index (χ3n) is 7.44. The van der Waals surface area contributed by atoms with Gasteiger partial charge >= 0.3 is 0 Å². The summed E-state index contributed by atoms with van der Waals surface area (Å²) in [6.45, 7) is 5.12. The Morgan fingerprint density at radius 2 is 1.77 bits per heavy atom. The molecule has 0 bridgehead atoms. The van der Waals surface area contributed by atoms with Crippen molar-refractivity contribution in [1.29, 1.82) is 0 Å². The van der Waals surface area contributed by atoms with E-state index in [1.165, 1.54) is 29.5 Å². The molecule has 1 aliphatic heterocycles. The first-order chi connectivity index (χ1) is 17.1.